The molecule has 10 nitrogen and oxygen atoms in total. The van der Waals surface area contributed by atoms with E-state index in [-0.39, 0.29) is 34.5 Å². The van der Waals surface area contributed by atoms with Crippen molar-refractivity contribution in [2.75, 3.05) is 37.4 Å². The van der Waals surface area contributed by atoms with Gasteiger partial charge in [0.2, 0.25) is 0 Å². The van der Waals surface area contributed by atoms with Gasteiger partial charge in [-0.25, -0.2) is 19.3 Å². The second-order valence-corrected chi connectivity index (χ2v) is 10.6. The molecule has 2 aliphatic rings. The Hall–Kier alpha value is -4.14. The predicted molar refractivity (Wildman–Crippen MR) is 149 cm³/mol. The molecule has 2 fully saturated rings. The normalized spacial score (nSPS) is 20.4. The summed E-state index contributed by atoms with van der Waals surface area (Å²) >= 11 is 0. The molecule has 2 saturated heterocycles. The van der Waals surface area contributed by atoms with Gasteiger partial charge in [0.15, 0.2) is 0 Å². The van der Waals surface area contributed by atoms with Gasteiger partial charge in [0.25, 0.3) is 5.91 Å². The Morgan fingerprint density at radius 1 is 1.12 bits per heavy atom. The zero-order chi connectivity index (χ0) is 30.3. The van der Waals surface area contributed by atoms with Gasteiger partial charge in [-0.1, -0.05) is 0 Å². The van der Waals surface area contributed by atoms with Crippen LogP contribution in [0.2, 0.25) is 0 Å². The minimum atomic E-state index is -4.61. The SMILES string of the molecule is C[C@@H]1CO[C@@H](c2nc(-c3ccc(C(=O)Nc4cc(C(F)(F)F)ccn4)cc3F)c3c(N)nccn23)CN1C1CCOCC1. The largest absolute Gasteiger partial charge is 0.416 e. The number of imidazole rings is 1. The second kappa shape index (κ2) is 11.5. The smallest absolute Gasteiger partial charge is 0.382 e. The lowest BCUT2D eigenvalue weighted by molar-refractivity contribution is -0.137. The molecule has 14 heteroatoms. The van der Waals surface area contributed by atoms with Gasteiger partial charge in [0, 0.05) is 61.6 Å². The molecular formula is C29H29F4N7O3. The van der Waals surface area contributed by atoms with Crippen LogP contribution in [0.1, 0.15) is 47.6 Å². The fourth-order valence-electron chi connectivity index (χ4n) is 5.67. The molecule has 6 rings (SSSR count). The summed E-state index contributed by atoms with van der Waals surface area (Å²) in [5, 5.41) is 2.28. The van der Waals surface area contributed by atoms with Crippen molar-refractivity contribution in [2.24, 2.45) is 0 Å². The molecular weight excluding hydrogens is 570 g/mol. The van der Waals surface area contributed by atoms with Crippen LogP contribution in [0.5, 0.6) is 0 Å². The first-order chi connectivity index (χ1) is 20.6. The van der Waals surface area contributed by atoms with Crippen LogP contribution in [0.25, 0.3) is 16.8 Å². The summed E-state index contributed by atoms with van der Waals surface area (Å²) < 4.78 is 68.3. The molecule has 3 aromatic heterocycles. The van der Waals surface area contributed by atoms with Crippen LogP contribution in [0.4, 0.5) is 29.2 Å². The van der Waals surface area contributed by atoms with Gasteiger partial charge in [-0.05, 0) is 50.1 Å². The third-order valence-electron chi connectivity index (χ3n) is 7.85. The number of fused-ring (bicyclic) bond motifs is 1. The topological polar surface area (TPSA) is 120 Å². The summed E-state index contributed by atoms with van der Waals surface area (Å²) in [4.78, 5) is 27.9. The summed E-state index contributed by atoms with van der Waals surface area (Å²) in [5.41, 5.74) is 5.85. The first-order valence-electron chi connectivity index (χ1n) is 13.8. The van der Waals surface area contributed by atoms with E-state index in [1.807, 2.05) is 0 Å². The summed E-state index contributed by atoms with van der Waals surface area (Å²) in [6, 6.07) is 5.77. The number of amides is 1. The van der Waals surface area contributed by atoms with E-state index in [0.29, 0.717) is 49.8 Å². The van der Waals surface area contributed by atoms with Gasteiger partial charge in [0.05, 0.1) is 12.2 Å². The predicted octanol–water partition coefficient (Wildman–Crippen LogP) is 4.72. The summed E-state index contributed by atoms with van der Waals surface area (Å²) in [6.07, 6.45) is 0.983. The molecule has 0 spiro atoms. The second-order valence-electron chi connectivity index (χ2n) is 10.6. The van der Waals surface area contributed by atoms with Crippen molar-refractivity contribution < 1.29 is 31.8 Å². The number of pyridine rings is 1. The molecule has 4 aromatic rings. The van der Waals surface area contributed by atoms with Crippen molar-refractivity contribution in [1.29, 1.82) is 0 Å². The molecule has 2 atom stereocenters. The number of nitrogens with one attached hydrogen (secondary N) is 1. The van der Waals surface area contributed by atoms with Gasteiger partial charge >= 0.3 is 6.18 Å². The highest BCUT2D eigenvalue weighted by Crippen LogP contribution is 2.35. The molecule has 2 aliphatic heterocycles. The first-order valence-corrected chi connectivity index (χ1v) is 13.8. The molecule has 1 aromatic carbocycles. The number of hydrogen-bond donors (Lipinski definition) is 2. The average molecular weight is 600 g/mol. The molecule has 0 radical (unpaired) electrons. The summed E-state index contributed by atoms with van der Waals surface area (Å²) in [6.45, 7) is 4.62. The molecule has 0 unspecified atom stereocenters. The third-order valence-corrected chi connectivity index (χ3v) is 7.85. The highest BCUT2D eigenvalue weighted by Gasteiger charge is 2.36. The number of anilines is 2. The van der Waals surface area contributed by atoms with Crippen molar-refractivity contribution in [1.82, 2.24) is 24.3 Å². The number of alkyl halides is 3. The van der Waals surface area contributed by atoms with Crippen molar-refractivity contribution in [3.05, 3.63) is 71.7 Å². The fraction of sp³-hybridized carbons (Fsp3) is 0.379. The van der Waals surface area contributed by atoms with Crippen molar-refractivity contribution in [3.8, 4) is 11.3 Å². The minimum Gasteiger partial charge on any atom is -0.382 e. The minimum absolute atomic E-state index is 0.0719. The number of carbonyl (C=O) groups excluding carboxylic acids is 1. The molecule has 226 valence electrons. The molecule has 0 aliphatic carbocycles. The molecule has 0 saturated carbocycles. The van der Waals surface area contributed by atoms with Gasteiger partial charge in [0.1, 0.15) is 40.6 Å². The first kappa shape index (κ1) is 29.0. The van der Waals surface area contributed by atoms with E-state index in [2.05, 4.69) is 27.1 Å². The van der Waals surface area contributed by atoms with Crippen LogP contribution in [-0.2, 0) is 15.7 Å². The van der Waals surface area contributed by atoms with Crippen LogP contribution in [-0.4, -0.2) is 68.6 Å². The highest BCUT2D eigenvalue weighted by molar-refractivity contribution is 6.04. The Morgan fingerprint density at radius 3 is 2.65 bits per heavy atom. The summed E-state index contributed by atoms with van der Waals surface area (Å²) in [7, 11) is 0. The Bertz CT molecular complexity index is 1660. The monoisotopic (exact) mass is 599 g/mol. The molecule has 0 bridgehead atoms. The molecule has 1 amide bonds. The number of nitrogen functional groups attached to an aromatic ring is 1. The Balaban J connectivity index is 1.30. The average Bonchev–Trinajstić information content (AvgIpc) is 3.38. The van der Waals surface area contributed by atoms with Gasteiger partial charge in [-0.2, -0.15) is 13.2 Å². The lowest BCUT2D eigenvalue weighted by Gasteiger charge is -2.43. The molecule has 43 heavy (non-hydrogen) atoms. The van der Waals surface area contributed by atoms with E-state index in [1.54, 1.807) is 10.6 Å². The Morgan fingerprint density at radius 2 is 1.91 bits per heavy atom. The number of nitrogens with zero attached hydrogens (tertiary/aromatic N) is 5. The van der Waals surface area contributed by atoms with E-state index < -0.39 is 29.6 Å². The molecule has 3 N–H and O–H groups in total. The number of ether oxygens (including phenoxy) is 2. The Kier molecular flexibility index (Phi) is 7.75. The highest BCUT2D eigenvalue weighted by atomic mass is 19.4. The lowest BCUT2D eigenvalue weighted by atomic mass is 10.0. The van der Waals surface area contributed by atoms with Crippen LogP contribution in [0.15, 0.2) is 48.9 Å². The van der Waals surface area contributed by atoms with Crippen molar-refractivity contribution >= 4 is 23.1 Å². The van der Waals surface area contributed by atoms with Crippen LogP contribution >= 0.6 is 0 Å². The van der Waals surface area contributed by atoms with Crippen LogP contribution < -0.4 is 11.1 Å². The third kappa shape index (κ3) is 5.77. The zero-order valence-corrected chi connectivity index (χ0v) is 23.1. The maximum Gasteiger partial charge on any atom is 0.416 e. The fourth-order valence-corrected chi connectivity index (χ4v) is 5.67. The number of hydrogen-bond acceptors (Lipinski definition) is 8. The quantitative estimate of drug-likeness (QED) is 0.316. The maximum absolute atomic E-state index is 15.6. The van der Waals surface area contributed by atoms with Gasteiger partial charge in [-0.3, -0.25) is 14.1 Å². The Labute approximate surface area is 243 Å². The van der Waals surface area contributed by atoms with E-state index in [4.69, 9.17) is 20.2 Å². The number of benzene rings is 1. The van der Waals surface area contributed by atoms with Gasteiger partial charge < -0.3 is 20.5 Å². The van der Waals surface area contributed by atoms with Crippen LogP contribution in [0, 0.1) is 5.82 Å². The number of carbonyl (C=O) groups is 1. The van der Waals surface area contributed by atoms with Crippen molar-refractivity contribution in [3.63, 3.8) is 0 Å². The van der Waals surface area contributed by atoms with E-state index in [9.17, 15) is 18.0 Å². The summed E-state index contributed by atoms with van der Waals surface area (Å²) in [5.74, 6) is -1.24. The van der Waals surface area contributed by atoms with E-state index in [0.717, 1.165) is 31.2 Å². The molecule has 5 heterocycles. The standard InChI is InChI=1S/C29H29F4N7O3/c1-16-15-43-22(14-40(16)19-5-10-42-11-6-19)27-38-24(25-26(34)36-8-9-39(25)27)20-3-2-17(12-21(20)30)28(41)37-23-13-18(4-7-35-23)29(31,32)33/h2-4,7-9,12-13,16,19,22H,5-6,10-11,14-15H2,1H3,(H2,34,36)(H,35,37,41)/t16-,22-/m1/s1. The lowest BCUT2D eigenvalue weighted by Crippen LogP contribution is -2.52. The number of halogens is 4. The number of aromatic nitrogens is 4. The van der Waals surface area contributed by atoms with Crippen molar-refractivity contribution in [2.45, 2.75) is 44.1 Å². The number of nitrogens with two attached hydrogens (primary N) is 1. The zero-order valence-electron chi connectivity index (χ0n) is 23.1. The van der Waals surface area contributed by atoms with Gasteiger partial charge in [-0.15, -0.1) is 0 Å². The number of rotatable bonds is 5. The number of morpholine rings is 1. The maximum atomic E-state index is 15.6. The van der Waals surface area contributed by atoms with E-state index in [1.165, 1.54) is 18.3 Å². The van der Waals surface area contributed by atoms with Crippen LogP contribution in [0.3, 0.4) is 0 Å². The van der Waals surface area contributed by atoms with E-state index >= 15 is 4.39 Å².